The summed E-state index contributed by atoms with van der Waals surface area (Å²) < 4.78 is 0. The van der Waals surface area contributed by atoms with Crippen LogP contribution in [0.3, 0.4) is 0 Å². The van der Waals surface area contributed by atoms with E-state index in [4.69, 9.17) is 17.5 Å². The van der Waals surface area contributed by atoms with Gasteiger partial charge in [0.1, 0.15) is 12.0 Å². The van der Waals surface area contributed by atoms with Gasteiger partial charge in [-0.25, -0.2) is 9.97 Å². The molecule has 0 bridgehead atoms. The van der Waals surface area contributed by atoms with Crippen LogP contribution in [-0.4, -0.2) is 28.2 Å². The van der Waals surface area contributed by atoms with E-state index in [2.05, 4.69) is 71.4 Å². The summed E-state index contributed by atoms with van der Waals surface area (Å²) in [6, 6.07) is 6.43. The molecule has 0 saturated heterocycles. The van der Waals surface area contributed by atoms with Crippen LogP contribution in [0.5, 0.6) is 0 Å². The second kappa shape index (κ2) is 9.83. The molecule has 1 heterocycles. The van der Waals surface area contributed by atoms with Crippen molar-refractivity contribution >= 4 is 34.5 Å². The average molecular weight is 383 g/mol. The highest BCUT2D eigenvalue weighted by atomic mass is 32.1. The lowest BCUT2D eigenvalue weighted by Crippen LogP contribution is -2.28. The maximum absolute atomic E-state index is 8.92. The Morgan fingerprint density at radius 3 is 2.52 bits per heavy atom. The van der Waals surface area contributed by atoms with Gasteiger partial charge in [0.15, 0.2) is 10.9 Å². The van der Waals surface area contributed by atoms with Crippen molar-refractivity contribution in [1.29, 1.82) is 5.26 Å². The van der Waals surface area contributed by atoms with E-state index in [0.29, 0.717) is 18.1 Å². The second-order valence-corrected chi connectivity index (χ2v) is 6.89. The summed E-state index contributed by atoms with van der Waals surface area (Å²) >= 11 is 5.50. The summed E-state index contributed by atoms with van der Waals surface area (Å²) in [7, 11) is 0. The van der Waals surface area contributed by atoms with Crippen LogP contribution in [-0.2, 0) is 0 Å². The molecule has 1 aromatic carbocycles. The van der Waals surface area contributed by atoms with E-state index < -0.39 is 0 Å². The van der Waals surface area contributed by atoms with E-state index in [9.17, 15) is 0 Å². The first-order valence-corrected chi connectivity index (χ1v) is 9.44. The standard InChI is InChI=1S/C20H26N6S/c1-5-8-26(9-6-7-21)19-18(12-22-13-23-19)25-20(27)24-17-11-15(3)14(2)10-16(17)4/h10-13H,5-6,8-9H2,1-4H3,(H2,24,25,27). The van der Waals surface area contributed by atoms with Crippen molar-refractivity contribution < 1.29 is 0 Å². The third-order valence-electron chi connectivity index (χ3n) is 4.31. The second-order valence-electron chi connectivity index (χ2n) is 6.49. The molecule has 0 fully saturated rings. The molecule has 0 saturated carbocycles. The van der Waals surface area contributed by atoms with E-state index in [-0.39, 0.29) is 0 Å². The lowest BCUT2D eigenvalue weighted by atomic mass is 10.1. The molecular weight excluding hydrogens is 356 g/mol. The zero-order valence-corrected chi connectivity index (χ0v) is 17.2. The summed E-state index contributed by atoms with van der Waals surface area (Å²) in [4.78, 5) is 10.6. The van der Waals surface area contributed by atoms with E-state index in [1.807, 2.05) is 0 Å². The Hall–Kier alpha value is -2.72. The maximum Gasteiger partial charge on any atom is 0.175 e. The van der Waals surface area contributed by atoms with Crippen LogP contribution >= 0.6 is 12.2 Å². The molecule has 27 heavy (non-hydrogen) atoms. The van der Waals surface area contributed by atoms with Crippen molar-refractivity contribution in [2.24, 2.45) is 0 Å². The number of hydrogen-bond acceptors (Lipinski definition) is 5. The predicted octanol–water partition coefficient (Wildman–Crippen LogP) is 4.34. The number of rotatable bonds is 7. The first-order chi connectivity index (χ1) is 13.0. The molecule has 2 aromatic rings. The summed E-state index contributed by atoms with van der Waals surface area (Å²) in [5.74, 6) is 0.753. The number of nitriles is 1. The van der Waals surface area contributed by atoms with Gasteiger partial charge in [-0.05, 0) is 62.2 Å². The zero-order chi connectivity index (χ0) is 19.8. The third-order valence-corrected chi connectivity index (χ3v) is 4.52. The first kappa shape index (κ1) is 20.6. The van der Waals surface area contributed by atoms with E-state index >= 15 is 0 Å². The summed E-state index contributed by atoms with van der Waals surface area (Å²) in [5, 5.41) is 15.9. The summed E-state index contributed by atoms with van der Waals surface area (Å²) in [6.07, 6.45) is 4.62. The fourth-order valence-corrected chi connectivity index (χ4v) is 3.03. The number of thiocarbonyl (C=S) groups is 1. The van der Waals surface area contributed by atoms with Gasteiger partial charge in [-0.3, -0.25) is 0 Å². The van der Waals surface area contributed by atoms with E-state index in [0.717, 1.165) is 35.7 Å². The van der Waals surface area contributed by atoms with E-state index in [1.165, 1.54) is 17.5 Å². The highest BCUT2D eigenvalue weighted by molar-refractivity contribution is 7.80. The molecule has 0 spiro atoms. The average Bonchev–Trinajstić information content (AvgIpc) is 2.64. The third kappa shape index (κ3) is 5.63. The van der Waals surface area contributed by atoms with Gasteiger partial charge in [-0.2, -0.15) is 5.26 Å². The lowest BCUT2D eigenvalue weighted by molar-refractivity contribution is 0.755. The minimum Gasteiger partial charge on any atom is -0.354 e. The van der Waals surface area contributed by atoms with Crippen LogP contribution in [0.1, 0.15) is 36.5 Å². The van der Waals surface area contributed by atoms with Gasteiger partial charge in [0.25, 0.3) is 0 Å². The molecule has 0 atom stereocenters. The van der Waals surface area contributed by atoms with E-state index in [1.54, 1.807) is 6.20 Å². The fraction of sp³-hybridized carbons (Fsp3) is 0.400. The number of hydrogen-bond donors (Lipinski definition) is 2. The number of anilines is 3. The van der Waals surface area contributed by atoms with Crippen molar-refractivity contribution in [2.45, 2.75) is 40.5 Å². The fourth-order valence-electron chi connectivity index (χ4n) is 2.81. The molecule has 7 heteroatoms. The molecule has 1 aromatic heterocycles. The molecule has 0 amide bonds. The van der Waals surface area contributed by atoms with Gasteiger partial charge in [-0.1, -0.05) is 13.0 Å². The Bertz CT molecular complexity index is 843. The van der Waals surface area contributed by atoms with Crippen molar-refractivity contribution in [2.75, 3.05) is 28.6 Å². The van der Waals surface area contributed by atoms with Crippen LogP contribution < -0.4 is 15.5 Å². The molecule has 2 N–H and O–H groups in total. The number of nitrogens with one attached hydrogen (secondary N) is 2. The van der Waals surface area contributed by atoms with Gasteiger partial charge in [0.2, 0.25) is 0 Å². The number of aryl methyl sites for hydroxylation is 3. The molecule has 0 radical (unpaired) electrons. The molecule has 0 aliphatic carbocycles. The molecular formula is C20H26N6S. The minimum atomic E-state index is 0.438. The number of aromatic nitrogens is 2. The van der Waals surface area contributed by atoms with Crippen LogP contribution in [0.4, 0.5) is 17.2 Å². The zero-order valence-electron chi connectivity index (χ0n) is 16.3. The van der Waals surface area contributed by atoms with Gasteiger partial charge < -0.3 is 15.5 Å². The SMILES string of the molecule is CCCN(CCC#N)c1ncncc1NC(=S)Nc1cc(C)c(C)cc1C. The topological polar surface area (TPSA) is 76.9 Å². The highest BCUT2D eigenvalue weighted by Gasteiger charge is 2.14. The Morgan fingerprint density at radius 1 is 1.11 bits per heavy atom. The van der Waals surface area contributed by atoms with Crippen molar-refractivity contribution in [3.63, 3.8) is 0 Å². The summed E-state index contributed by atoms with van der Waals surface area (Å²) in [6.45, 7) is 9.76. The van der Waals surface area contributed by atoms with Crippen molar-refractivity contribution in [3.05, 3.63) is 41.3 Å². The Balaban J connectivity index is 2.18. The number of benzene rings is 1. The molecule has 6 nitrogen and oxygen atoms in total. The maximum atomic E-state index is 8.92. The Kier molecular flexibility index (Phi) is 7.50. The Morgan fingerprint density at radius 2 is 1.81 bits per heavy atom. The normalized spacial score (nSPS) is 10.2. The minimum absolute atomic E-state index is 0.438. The number of nitrogens with zero attached hydrogens (tertiary/aromatic N) is 4. The predicted molar refractivity (Wildman–Crippen MR) is 115 cm³/mol. The highest BCUT2D eigenvalue weighted by Crippen LogP contribution is 2.24. The van der Waals surface area contributed by atoms with Gasteiger partial charge in [0.05, 0.1) is 18.7 Å². The van der Waals surface area contributed by atoms with Crippen LogP contribution in [0, 0.1) is 32.1 Å². The molecule has 2 rings (SSSR count). The van der Waals surface area contributed by atoms with Crippen molar-refractivity contribution in [3.8, 4) is 6.07 Å². The molecule has 0 unspecified atom stereocenters. The monoisotopic (exact) mass is 382 g/mol. The largest absolute Gasteiger partial charge is 0.354 e. The van der Waals surface area contributed by atoms with Crippen LogP contribution in [0.15, 0.2) is 24.7 Å². The summed E-state index contributed by atoms with van der Waals surface area (Å²) in [5.41, 5.74) is 5.30. The quantitative estimate of drug-likeness (QED) is 0.690. The molecule has 0 aliphatic rings. The smallest absolute Gasteiger partial charge is 0.175 e. The first-order valence-electron chi connectivity index (χ1n) is 9.04. The van der Waals surface area contributed by atoms with Crippen LogP contribution in [0.25, 0.3) is 0 Å². The Labute approximate surface area is 166 Å². The van der Waals surface area contributed by atoms with Crippen molar-refractivity contribution in [1.82, 2.24) is 9.97 Å². The molecule has 142 valence electrons. The van der Waals surface area contributed by atoms with Gasteiger partial charge >= 0.3 is 0 Å². The molecule has 0 aliphatic heterocycles. The van der Waals surface area contributed by atoms with Crippen LogP contribution in [0.2, 0.25) is 0 Å². The van der Waals surface area contributed by atoms with Gasteiger partial charge in [0, 0.05) is 18.8 Å². The van der Waals surface area contributed by atoms with Gasteiger partial charge in [-0.15, -0.1) is 0 Å². The lowest BCUT2D eigenvalue weighted by Gasteiger charge is -2.24.